The third-order valence-electron chi connectivity index (χ3n) is 4.38. The molecule has 0 bridgehead atoms. The van der Waals surface area contributed by atoms with Crippen molar-refractivity contribution >= 4 is 17.4 Å². The quantitative estimate of drug-likeness (QED) is 0.679. The van der Waals surface area contributed by atoms with Crippen LogP contribution >= 0.6 is 0 Å². The summed E-state index contributed by atoms with van der Waals surface area (Å²) in [6.07, 6.45) is 1.59. The number of esters is 1. The molecule has 1 fully saturated rings. The molecule has 8 heteroatoms. The van der Waals surface area contributed by atoms with Crippen LogP contribution in [0.5, 0.6) is 0 Å². The highest BCUT2D eigenvalue weighted by atomic mass is 19.1. The average Bonchev–Trinajstić information content (AvgIpc) is 3.28. The molecule has 128 valence electrons. The van der Waals surface area contributed by atoms with Gasteiger partial charge in [0.15, 0.2) is 11.5 Å². The van der Waals surface area contributed by atoms with Crippen LogP contribution in [0.2, 0.25) is 0 Å². The number of hydrogen-bond acceptors (Lipinski definition) is 6. The zero-order chi connectivity index (χ0) is 17.4. The van der Waals surface area contributed by atoms with Crippen molar-refractivity contribution in [1.29, 1.82) is 0 Å². The van der Waals surface area contributed by atoms with Gasteiger partial charge < -0.3 is 9.64 Å². The lowest BCUT2D eigenvalue weighted by atomic mass is 10.2. The van der Waals surface area contributed by atoms with E-state index in [1.807, 2.05) is 4.90 Å². The van der Waals surface area contributed by atoms with Crippen molar-refractivity contribution in [2.24, 2.45) is 0 Å². The fourth-order valence-corrected chi connectivity index (χ4v) is 3.16. The fourth-order valence-electron chi connectivity index (χ4n) is 3.16. The van der Waals surface area contributed by atoms with Gasteiger partial charge in [-0.05, 0) is 37.1 Å². The summed E-state index contributed by atoms with van der Waals surface area (Å²) in [5.74, 6) is 0.261. The van der Waals surface area contributed by atoms with Crippen LogP contribution in [0.3, 0.4) is 0 Å². The van der Waals surface area contributed by atoms with Gasteiger partial charge in [-0.3, -0.25) is 0 Å². The molecule has 0 saturated carbocycles. The standard InChI is InChI=1S/C17H16FN5O2/c1-25-17(24)13-7-4-10-22(13)15-9-8-14-19-20-16(23(14)21-15)11-5-2-3-6-12(11)18/h2-3,5-6,8-9,13H,4,7,10H2,1H3. The Hall–Kier alpha value is -3.03. The Labute approximate surface area is 143 Å². The maximum Gasteiger partial charge on any atom is 0.328 e. The molecule has 0 aliphatic carbocycles. The molecule has 1 aliphatic heterocycles. The molecular weight excluding hydrogens is 325 g/mol. The van der Waals surface area contributed by atoms with E-state index in [9.17, 15) is 9.18 Å². The van der Waals surface area contributed by atoms with Crippen LogP contribution in [0, 0.1) is 5.82 Å². The molecule has 1 aromatic carbocycles. The van der Waals surface area contributed by atoms with Gasteiger partial charge in [0.05, 0.1) is 12.7 Å². The van der Waals surface area contributed by atoms with Gasteiger partial charge in [-0.25, -0.2) is 9.18 Å². The largest absolute Gasteiger partial charge is 0.467 e. The van der Waals surface area contributed by atoms with Gasteiger partial charge in [-0.2, -0.15) is 4.52 Å². The lowest BCUT2D eigenvalue weighted by Gasteiger charge is -2.23. The van der Waals surface area contributed by atoms with Gasteiger partial charge >= 0.3 is 5.97 Å². The second kappa shape index (κ2) is 6.12. The second-order valence-corrected chi connectivity index (χ2v) is 5.84. The molecule has 3 heterocycles. The molecule has 2 aromatic heterocycles. The summed E-state index contributed by atoms with van der Waals surface area (Å²) in [6.45, 7) is 0.704. The zero-order valence-corrected chi connectivity index (χ0v) is 13.6. The van der Waals surface area contributed by atoms with Crippen molar-refractivity contribution in [2.45, 2.75) is 18.9 Å². The predicted molar refractivity (Wildman–Crippen MR) is 88.6 cm³/mol. The van der Waals surface area contributed by atoms with Gasteiger partial charge in [0.25, 0.3) is 0 Å². The van der Waals surface area contributed by atoms with Crippen molar-refractivity contribution in [3.05, 3.63) is 42.2 Å². The third kappa shape index (κ3) is 2.59. The van der Waals surface area contributed by atoms with Gasteiger partial charge in [0.1, 0.15) is 17.7 Å². The highest BCUT2D eigenvalue weighted by molar-refractivity contribution is 5.80. The van der Waals surface area contributed by atoms with Crippen LogP contribution in [0.1, 0.15) is 12.8 Å². The number of nitrogens with zero attached hydrogens (tertiary/aromatic N) is 5. The number of halogens is 1. The maximum atomic E-state index is 14.1. The predicted octanol–water partition coefficient (Wildman–Crippen LogP) is 2.07. The minimum absolute atomic E-state index is 0.280. The van der Waals surface area contributed by atoms with Crippen LogP contribution in [-0.4, -0.2) is 45.5 Å². The molecule has 7 nitrogen and oxygen atoms in total. The molecule has 25 heavy (non-hydrogen) atoms. The Balaban J connectivity index is 1.79. The highest BCUT2D eigenvalue weighted by Crippen LogP contribution is 2.26. The normalized spacial score (nSPS) is 17.2. The number of methoxy groups -OCH3 is 1. The summed E-state index contributed by atoms with van der Waals surface area (Å²) in [4.78, 5) is 13.9. The number of carbonyl (C=O) groups is 1. The van der Waals surface area contributed by atoms with E-state index in [0.29, 0.717) is 29.4 Å². The summed E-state index contributed by atoms with van der Waals surface area (Å²) in [5.41, 5.74) is 0.835. The Morgan fingerprint density at radius 1 is 1.24 bits per heavy atom. The first-order chi connectivity index (χ1) is 12.2. The lowest BCUT2D eigenvalue weighted by molar-refractivity contribution is -0.141. The minimum atomic E-state index is -0.391. The monoisotopic (exact) mass is 341 g/mol. The lowest BCUT2D eigenvalue weighted by Crippen LogP contribution is -2.37. The summed E-state index contributed by atoms with van der Waals surface area (Å²) >= 11 is 0. The first-order valence-electron chi connectivity index (χ1n) is 8.01. The Bertz CT molecular complexity index is 942. The number of ether oxygens (including phenoxy) is 1. The third-order valence-corrected chi connectivity index (χ3v) is 4.38. The summed E-state index contributed by atoms with van der Waals surface area (Å²) in [7, 11) is 1.38. The molecule has 1 saturated heterocycles. The molecule has 1 unspecified atom stereocenters. The number of rotatable bonds is 3. The number of carbonyl (C=O) groups excluding carboxylic acids is 1. The van der Waals surface area contributed by atoms with E-state index in [-0.39, 0.29) is 12.0 Å². The second-order valence-electron chi connectivity index (χ2n) is 5.84. The molecule has 0 N–H and O–H groups in total. The molecule has 4 rings (SSSR count). The maximum absolute atomic E-state index is 14.1. The summed E-state index contributed by atoms with van der Waals surface area (Å²) in [5, 5.41) is 12.7. The molecule has 0 spiro atoms. The van der Waals surface area contributed by atoms with E-state index in [2.05, 4.69) is 15.3 Å². The van der Waals surface area contributed by atoms with E-state index < -0.39 is 5.82 Å². The van der Waals surface area contributed by atoms with Crippen molar-refractivity contribution in [3.8, 4) is 11.4 Å². The van der Waals surface area contributed by atoms with Gasteiger partial charge in [0.2, 0.25) is 0 Å². The Morgan fingerprint density at radius 3 is 2.88 bits per heavy atom. The molecule has 0 amide bonds. The first kappa shape index (κ1) is 15.5. The van der Waals surface area contributed by atoms with Crippen molar-refractivity contribution in [1.82, 2.24) is 19.8 Å². The minimum Gasteiger partial charge on any atom is -0.467 e. The summed E-state index contributed by atoms with van der Waals surface area (Å²) < 4.78 is 20.5. The number of anilines is 1. The Morgan fingerprint density at radius 2 is 2.08 bits per heavy atom. The molecule has 1 aliphatic rings. The molecule has 1 atom stereocenters. The van der Waals surface area contributed by atoms with E-state index in [0.717, 1.165) is 12.8 Å². The Kier molecular flexibility index (Phi) is 3.79. The van der Waals surface area contributed by atoms with E-state index in [1.165, 1.54) is 17.7 Å². The van der Waals surface area contributed by atoms with Crippen LogP contribution < -0.4 is 4.90 Å². The van der Waals surface area contributed by atoms with Crippen molar-refractivity contribution in [2.75, 3.05) is 18.6 Å². The van der Waals surface area contributed by atoms with Crippen molar-refractivity contribution in [3.63, 3.8) is 0 Å². The van der Waals surface area contributed by atoms with Crippen LogP contribution in [0.4, 0.5) is 10.2 Å². The van der Waals surface area contributed by atoms with Crippen LogP contribution in [0.25, 0.3) is 17.0 Å². The first-order valence-corrected chi connectivity index (χ1v) is 8.01. The average molecular weight is 341 g/mol. The number of fused-ring (bicyclic) bond motifs is 1. The fraction of sp³-hybridized carbons (Fsp3) is 0.294. The molecular formula is C17H16FN5O2. The van der Waals surface area contributed by atoms with Gasteiger partial charge in [-0.1, -0.05) is 12.1 Å². The summed E-state index contributed by atoms with van der Waals surface area (Å²) in [6, 6.07) is 9.54. The van der Waals surface area contributed by atoms with Gasteiger partial charge in [0, 0.05) is 6.54 Å². The van der Waals surface area contributed by atoms with Crippen LogP contribution in [-0.2, 0) is 9.53 Å². The highest BCUT2D eigenvalue weighted by Gasteiger charge is 2.32. The SMILES string of the molecule is COC(=O)C1CCCN1c1ccc2nnc(-c3ccccc3F)n2n1. The van der Waals surface area contributed by atoms with Gasteiger partial charge in [-0.15, -0.1) is 15.3 Å². The van der Waals surface area contributed by atoms with E-state index >= 15 is 0 Å². The van der Waals surface area contributed by atoms with E-state index in [1.54, 1.807) is 30.3 Å². The molecule has 3 aromatic rings. The molecule has 0 radical (unpaired) electrons. The zero-order valence-electron chi connectivity index (χ0n) is 13.6. The van der Waals surface area contributed by atoms with Crippen molar-refractivity contribution < 1.29 is 13.9 Å². The smallest absolute Gasteiger partial charge is 0.328 e. The number of aromatic nitrogens is 4. The van der Waals surface area contributed by atoms with Crippen LogP contribution in [0.15, 0.2) is 36.4 Å². The number of hydrogen-bond donors (Lipinski definition) is 0. The number of benzene rings is 1. The van der Waals surface area contributed by atoms with E-state index in [4.69, 9.17) is 4.74 Å². The topological polar surface area (TPSA) is 72.6 Å².